The molecule has 0 saturated carbocycles. The lowest BCUT2D eigenvalue weighted by Gasteiger charge is -2.24. The van der Waals surface area contributed by atoms with Crippen LogP contribution < -0.4 is 21.7 Å². The van der Waals surface area contributed by atoms with Crippen LogP contribution >= 0.6 is 12.6 Å². The Morgan fingerprint density at radius 3 is 1.86 bits per heavy atom. The van der Waals surface area contributed by atoms with Gasteiger partial charge in [0, 0.05) is 18.6 Å². The molecular weight excluding hydrogens is 484 g/mol. The molecule has 3 amide bonds. The highest BCUT2D eigenvalue weighted by Gasteiger charge is 2.31. The van der Waals surface area contributed by atoms with Crippen molar-refractivity contribution in [3.63, 3.8) is 0 Å². The van der Waals surface area contributed by atoms with Gasteiger partial charge in [0.2, 0.25) is 17.7 Å². The van der Waals surface area contributed by atoms with Gasteiger partial charge < -0.3 is 37.0 Å². The van der Waals surface area contributed by atoms with E-state index in [1.807, 2.05) is 0 Å². The van der Waals surface area contributed by atoms with E-state index in [0.717, 1.165) is 0 Å². The van der Waals surface area contributed by atoms with E-state index >= 15 is 0 Å². The zero-order valence-corrected chi connectivity index (χ0v) is 19.4. The quantitative estimate of drug-likeness (QED) is 0.125. The Morgan fingerprint density at radius 2 is 1.34 bits per heavy atom. The van der Waals surface area contributed by atoms with Gasteiger partial charge in [-0.3, -0.25) is 24.0 Å². The van der Waals surface area contributed by atoms with Crippen molar-refractivity contribution in [3.8, 4) is 0 Å². The Kier molecular flexibility index (Phi) is 12.2. The van der Waals surface area contributed by atoms with Gasteiger partial charge >= 0.3 is 17.9 Å². The van der Waals surface area contributed by atoms with Crippen molar-refractivity contribution < 1.29 is 44.1 Å². The van der Waals surface area contributed by atoms with Crippen molar-refractivity contribution in [2.75, 3.05) is 5.75 Å². The molecule has 4 unspecified atom stereocenters. The highest BCUT2D eigenvalue weighted by atomic mass is 32.1. The van der Waals surface area contributed by atoms with Gasteiger partial charge in [-0.2, -0.15) is 12.6 Å². The van der Waals surface area contributed by atoms with Crippen molar-refractivity contribution in [1.29, 1.82) is 0 Å². The van der Waals surface area contributed by atoms with Gasteiger partial charge in [0.15, 0.2) is 0 Å². The smallest absolute Gasteiger partial charge is 0.326 e. The first-order valence-electron chi connectivity index (χ1n) is 10.4. The third-order valence-corrected chi connectivity index (χ3v) is 5.12. The molecule has 1 aromatic carbocycles. The molecular formula is C21H28N4O9S. The first-order chi connectivity index (χ1) is 16.4. The molecule has 4 atom stereocenters. The topological polar surface area (TPSA) is 225 Å². The number of carboxylic acids is 3. The van der Waals surface area contributed by atoms with Crippen molar-refractivity contribution >= 4 is 48.3 Å². The molecule has 8 N–H and O–H groups in total. The van der Waals surface area contributed by atoms with Crippen molar-refractivity contribution in [1.82, 2.24) is 16.0 Å². The van der Waals surface area contributed by atoms with E-state index in [9.17, 15) is 33.9 Å². The average molecular weight is 513 g/mol. The van der Waals surface area contributed by atoms with E-state index in [1.54, 1.807) is 30.3 Å². The molecule has 0 fully saturated rings. The Labute approximate surface area is 205 Å². The van der Waals surface area contributed by atoms with E-state index in [1.165, 1.54) is 0 Å². The van der Waals surface area contributed by atoms with Gasteiger partial charge in [0.25, 0.3) is 0 Å². The fraction of sp³-hybridized carbons (Fsp3) is 0.429. The van der Waals surface area contributed by atoms with Crippen LogP contribution in [0.2, 0.25) is 0 Å². The van der Waals surface area contributed by atoms with E-state index in [0.29, 0.717) is 5.56 Å². The van der Waals surface area contributed by atoms with Crippen LogP contribution in [0, 0.1) is 0 Å². The molecule has 14 heteroatoms. The Morgan fingerprint density at radius 1 is 0.800 bits per heavy atom. The minimum Gasteiger partial charge on any atom is -0.481 e. The summed E-state index contributed by atoms with van der Waals surface area (Å²) in [5, 5.41) is 34.2. The molecule has 0 aliphatic carbocycles. The molecule has 0 aromatic heterocycles. The number of rotatable bonds is 15. The second-order valence-electron chi connectivity index (χ2n) is 7.53. The number of carbonyl (C=O) groups excluding carboxylic acids is 3. The lowest BCUT2D eigenvalue weighted by Crippen LogP contribution is -2.57. The van der Waals surface area contributed by atoms with Gasteiger partial charge in [0.1, 0.15) is 18.1 Å². The maximum absolute atomic E-state index is 12.8. The molecule has 0 spiro atoms. The summed E-state index contributed by atoms with van der Waals surface area (Å²) < 4.78 is 0. The summed E-state index contributed by atoms with van der Waals surface area (Å²) in [5.74, 6) is -7.11. The predicted octanol–water partition coefficient (Wildman–Crippen LogP) is -1.64. The van der Waals surface area contributed by atoms with E-state index in [-0.39, 0.29) is 12.2 Å². The van der Waals surface area contributed by atoms with Crippen LogP contribution in [0.25, 0.3) is 0 Å². The maximum atomic E-state index is 12.8. The summed E-state index contributed by atoms with van der Waals surface area (Å²) in [4.78, 5) is 71.4. The first-order valence-corrected chi connectivity index (χ1v) is 11.1. The van der Waals surface area contributed by atoms with Crippen LogP contribution in [0.5, 0.6) is 0 Å². The summed E-state index contributed by atoms with van der Waals surface area (Å²) in [6, 6.07) is 2.71. The Hall–Kier alpha value is -3.65. The van der Waals surface area contributed by atoms with Crippen LogP contribution in [0.4, 0.5) is 0 Å². The van der Waals surface area contributed by atoms with Gasteiger partial charge in [-0.05, 0) is 12.0 Å². The van der Waals surface area contributed by atoms with E-state index in [4.69, 9.17) is 15.9 Å². The number of hydrogen-bond donors (Lipinski definition) is 8. The fourth-order valence-electron chi connectivity index (χ4n) is 2.88. The summed E-state index contributed by atoms with van der Waals surface area (Å²) in [5.41, 5.74) is 6.13. The number of carboxylic acid groups (broad SMARTS) is 3. The summed E-state index contributed by atoms with van der Waals surface area (Å²) in [6.07, 6.45) is -1.92. The number of aliphatic carboxylic acids is 3. The molecule has 0 bridgehead atoms. The van der Waals surface area contributed by atoms with Crippen molar-refractivity contribution in [3.05, 3.63) is 35.9 Å². The molecule has 0 heterocycles. The van der Waals surface area contributed by atoms with Crippen LogP contribution in [-0.2, 0) is 35.2 Å². The maximum Gasteiger partial charge on any atom is 0.326 e. The van der Waals surface area contributed by atoms with Crippen LogP contribution in [0.3, 0.4) is 0 Å². The van der Waals surface area contributed by atoms with Gasteiger partial charge in [0.05, 0.1) is 12.5 Å². The third-order valence-electron chi connectivity index (χ3n) is 4.72. The number of amides is 3. The van der Waals surface area contributed by atoms with E-state index < -0.39 is 79.1 Å². The molecule has 192 valence electrons. The van der Waals surface area contributed by atoms with E-state index in [2.05, 4.69) is 28.6 Å². The Balaban J connectivity index is 3.04. The largest absolute Gasteiger partial charge is 0.481 e. The Bertz CT molecular complexity index is 929. The zero-order chi connectivity index (χ0) is 26.5. The number of hydrogen-bond acceptors (Lipinski definition) is 8. The second kappa shape index (κ2) is 14.6. The predicted molar refractivity (Wildman–Crippen MR) is 125 cm³/mol. The van der Waals surface area contributed by atoms with Crippen molar-refractivity contribution in [2.24, 2.45) is 5.73 Å². The summed E-state index contributed by atoms with van der Waals surface area (Å²) >= 11 is 3.85. The summed E-state index contributed by atoms with van der Waals surface area (Å²) in [7, 11) is 0. The zero-order valence-electron chi connectivity index (χ0n) is 18.5. The fourth-order valence-corrected chi connectivity index (χ4v) is 3.04. The molecule has 0 saturated heterocycles. The molecule has 0 radical (unpaired) electrons. The highest BCUT2D eigenvalue weighted by Crippen LogP contribution is 2.06. The second-order valence-corrected chi connectivity index (χ2v) is 7.90. The standard InChI is InChI=1S/C21H28N4O9S/c22-12(10-35)18(30)24-14(9-17(28)29)20(32)23-13(6-7-16(26)27)19(31)25-15(21(33)34)8-11-4-2-1-3-5-11/h1-5,12-15,35H,6-10,22H2,(H,23,32)(H,24,30)(H,25,31)(H,26,27)(H,28,29)(H,33,34). The molecule has 0 aliphatic heterocycles. The number of nitrogens with two attached hydrogens (primary N) is 1. The number of benzene rings is 1. The first kappa shape index (κ1) is 29.4. The number of carbonyl (C=O) groups is 6. The van der Waals surface area contributed by atoms with Gasteiger partial charge in [-0.1, -0.05) is 30.3 Å². The molecule has 1 aromatic rings. The lowest BCUT2D eigenvalue weighted by atomic mass is 10.0. The van der Waals surface area contributed by atoms with Crippen LogP contribution in [0.1, 0.15) is 24.8 Å². The van der Waals surface area contributed by atoms with Crippen LogP contribution in [-0.4, -0.2) is 80.9 Å². The van der Waals surface area contributed by atoms with Crippen molar-refractivity contribution in [2.45, 2.75) is 49.9 Å². The molecule has 13 nitrogen and oxygen atoms in total. The highest BCUT2D eigenvalue weighted by molar-refractivity contribution is 7.80. The minimum absolute atomic E-state index is 0.0825. The SMILES string of the molecule is NC(CS)C(=O)NC(CC(=O)O)C(=O)NC(CCC(=O)O)C(=O)NC(Cc1ccccc1)C(=O)O. The lowest BCUT2D eigenvalue weighted by molar-refractivity contribution is -0.143. The normalized spacial score (nSPS) is 14.0. The van der Waals surface area contributed by atoms with Crippen LogP contribution in [0.15, 0.2) is 30.3 Å². The monoisotopic (exact) mass is 512 g/mol. The number of thiol groups is 1. The molecule has 0 aliphatic rings. The summed E-state index contributed by atoms with van der Waals surface area (Å²) in [6.45, 7) is 0. The average Bonchev–Trinajstić information content (AvgIpc) is 2.80. The molecule has 35 heavy (non-hydrogen) atoms. The van der Waals surface area contributed by atoms with Gasteiger partial charge in [-0.25, -0.2) is 4.79 Å². The molecule has 1 rings (SSSR count). The third kappa shape index (κ3) is 10.9. The van der Waals surface area contributed by atoms with Gasteiger partial charge in [-0.15, -0.1) is 0 Å². The minimum atomic E-state index is -1.63. The number of nitrogens with one attached hydrogen (secondary N) is 3.